The van der Waals surface area contributed by atoms with E-state index in [1.54, 1.807) is 26.0 Å². The first-order chi connectivity index (χ1) is 17.3. The molecule has 0 saturated heterocycles. The number of hydrogen-bond donors (Lipinski definition) is 8. The van der Waals surface area contributed by atoms with Gasteiger partial charge in [-0.05, 0) is 55.8 Å². The van der Waals surface area contributed by atoms with Crippen molar-refractivity contribution in [1.82, 2.24) is 16.0 Å². The van der Waals surface area contributed by atoms with Gasteiger partial charge in [0.15, 0.2) is 0 Å². The molecule has 4 atom stereocenters. The third-order valence-corrected chi connectivity index (χ3v) is 5.58. The standard InChI is InChI=1S/C24H38N6O7/c1-13(2)20(24(36)37)30-22(34)17(5-3-4-10-25)28-23(35)18(12-19(27)32)29-21(33)16(26)11-14-6-8-15(31)9-7-14/h6-9,13,16-18,20,31H,3-5,10-12,25-26H2,1-2H3,(H2,27,32)(H,28,35)(H,29,33)(H,30,34)(H,36,37). The molecule has 1 aromatic rings. The summed E-state index contributed by atoms with van der Waals surface area (Å²) in [6, 6.07) is 1.23. The molecule has 1 aromatic carbocycles. The molecule has 13 nitrogen and oxygen atoms in total. The third-order valence-electron chi connectivity index (χ3n) is 5.58. The summed E-state index contributed by atoms with van der Waals surface area (Å²) < 4.78 is 0. The molecule has 0 saturated carbocycles. The Labute approximate surface area is 215 Å². The highest BCUT2D eigenvalue weighted by Crippen LogP contribution is 2.11. The van der Waals surface area contributed by atoms with Gasteiger partial charge in [0.05, 0.1) is 12.5 Å². The lowest BCUT2D eigenvalue weighted by atomic mass is 10.0. The normalized spacial score (nSPS) is 14.2. The lowest BCUT2D eigenvalue weighted by molar-refractivity contribution is -0.143. The van der Waals surface area contributed by atoms with Gasteiger partial charge in [-0.25, -0.2) is 4.79 Å². The van der Waals surface area contributed by atoms with Gasteiger partial charge in [-0.2, -0.15) is 0 Å². The number of carboxylic acid groups (broad SMARTS) is 1. The summed E-state index contributed by atoms with van der Waals surface area (Å²) in [4.78, 5) is 61.6. The second-order valence-corrected chi connectivity index (χ2v) is 9.12. The Morgan fingerprint density at radius 2 is 1.46 bits per heavy atom. The van der Waals surface area contributed by atoms with E-state index in [9.17, 15) is 34.2 Å². The van der Waals surface area contributed by atoms with Crippen LogP contribution in [-0.2, 0) is 30.4 Å². The van der Waals surface area contributed by atoms with Crippen LogP contribution < -0.4 is 33.2 Å². The highest BCUT2D eigenvalue weighted by molar-refractivity contribution is 5.96. The van der Waals surface area contributed by atoms with E-state index in [4.69, 9.17) is 17.2 Å². The minimum atomic E-state index is -1.42. The molecule has 206 valence electrons. The first-order valence-corrected chi connectivity index (χ1v) is 12.0. The van der Waals surface area contributed by atoms with Gasteiger partial charge in [0, 0.05) is 0 Å². The number of nitrogens with two attached hydrogens (primary N) is 3. The van der Waals surface area contributed by atoms with Gasteiger partial charge in [-0.1, -0.05) is 26.0 Å². The number of carboxylic acids is 1. The minimum absolute atomic E-state index is 0.0492. The highest BCUT2D eigenvalue weighted by Gasteiger charge is 2.31. The summed E-state index contributed by atoms with van der Waals surface area (Å²) in [5.41, 5.74) is 17.4. The summed E-state index contributed by atoms with van der Waals surface area (Å²) in [5.74, 6) is -4.77. The molecule has 11 N–H and O–H groups in total. The first-order valence-electron chi connectivity index (χ1n) is 12.0. The van der Waals surface area contributed by atoms with E-state index in [1.165, 1.54) is 12.1 Å². The van der Waals surface area contributed by atoms with Crippen molar-refractivity contribution in [2.75, 3.05) is 6.54 Å². The van der Waals surface area contributed by atoms with Gasteiger partial charge < -0.3 is 43.4 Å². The van der Waals surface area contributed by atoms with E-state index < -0.39 is 66.1 Å². The molecule has 0 bridgehead atoms. The van der Waals surface area contributed by atoms with Crippen LogP contribution in [0, 0.1) is 5.92 Å². The Bertz CT molecular complexity index is 938. The second kappa shape index (κ2) is 15.4. The topological polar surface area (TPSA) is 240 Å². The number of nitrogens with one attached hydrogen (secondary N) is 3. The Morgan fingerprint density at radius 3 is 1.97 bits per heavy atom. The lowest BCUT2D eigenvalue weighted by Gasteiger charge is -2.25. The number of aliphatic carboxylic acids is 1. The monoisotopic (exact) mass is 522 g/mol. The van der Waals surface area contributed by atoms with Crippen molar-refractivity contribution in [3.63, 3.8) is 0 Å². The smallest absolute Gasteiger partial charge is 0.326 e. The Hall–Kier alpha value is -3.71. The molecular weight excluding hydrogens is 484 g/mol. The molecule has 1 rings (SSSR count). The van der Waals surface area contributed by atoms with Gasteiger partial charge in [0.25, 0.3) is 0 Å². The molecule has 4 amide bonds. The van der Waals surface area contributed by atoms with Gasteiger partial charge >= 0.3 is 5.97 Å². The van der Waals surface area contributed by atoms with Crippen LogP contribution in [0.15, 0.2) is 24.3 Å². The molecule has 0 spiro atoms. The van der Waals surface area contributed by atoms with Crippen molar-refractivity contribution >= 4 is 29.6 Å². The minimum Gasteiger partial charge on any atom is -0.508 e. The Kier molecular flexibility index (Phi) is 13.0. The van der Waals surface area contributed by atoms with Gasteiger partial charge in [0.1, 0.15) is 23.9 Å². The average molecular weight is 523 g/mol. The molecule has 0 fully saturated rings. The van der Waals surface area contributed by atoms with E-state index in [-0.39, 0.29) is 18.6 Å². The predicted octanol–water partition coefficient (Wildman–Crippen LogP) is -1.54. The number of carbonyl (C=O) groups is 5. The fraction of sp³-hybridized carbons (Fsp3) is 0.542. The number of phenolic OH excluding ortho intramolecular Hbond substituents is 1. The van der Waals surface area contributed by atoms with Gasteiger partial charge in [-0.15, -0.1) is 0 Å². The van der Waals surface area contributed by atoms with Crippen molar-refractivity contribution < 1.29 is 34.2 Å². The van der Waals surface area contributed by atoms with Crippen LogP contribution in [0.5, 0.6) is 5.75 Å². The highest BCUT2D eigenvalue weighted by atomic mass is 16.4. The molecule has 0 radical (unpaired) electrons. The maximum atomic E-state index is 13.0. The van der Waals surface area contributed by atoms with Crippen molar-refractivity contribution in [3.8, 4) is 5.75 Å². The molecule has 0 aliphatic heterocycles. The molecule has 0 aromatic heterocycles. The number of phenols is 1. The molecule has 4 unspecified atom stereocenters. The Morgan fingerprint density at radius 1 is 0.892 bits per heavy atom. The zero-order chi connectivity index (χ0) is 28.1. The number of unbranched alkanes of at least 4 members (excludes halogenated alkanes) is 1. The number of rotatable bonds is 16. The van der Waals surface area contributed by atoms with Crippen molar-refractivity contribution in [2.45, 2.75) is 70.1 Å². The SMILES string of the molecule is CC(C)C(NC(=O)C(CCCCN)NC(=O)C(CC(N)=O)NC(=O)C(N)Cc1ccc(O)cc1)C(=O)O. The molecule has 0 aliphatic rings. The maximum Gasteiger partial charge on any atom is 0.326 e. The summed E-state index contributed by atoms with van der Waals surface area (Å²) in [6.45, 7) is 3.60. The largest absolute Gasteiger partial charge is 0.508 e. The molecule has 13 heteroatoms. The van der Waals surface area contributed by atoms with E-state index >= 15 is 0 Å². The maximum absolute atomic E-state index is 13.0. The van der Waals surface area contributed by atoms with Crippen molar-refractivity contribution in [1.29, 1.82) is 0 Å². The van der Waals surface area contributed by atoms with E-state index in [1.807, 2.05) is 0 Å². The average Bonchev–Trinajstić information content (AvgIpc) is 2.81. The van der Waals surface area contributed by atoms with Crippen LogP contribution in [-0.4, -0.2) is 70.5 Å². The van der Waals surface area contributed by atoms with E-state index in [0.29, 0.717) is 24.9 Å². The van der Waals surface area contributed by atoms with Crippen LogP contribution >= 0.6 is 0 Å². The molecule has 0 heterocycles. The van der Waals surface area contributed by atoms with Crippen LogP contribution in [0.3, 0.4) is 0 Å². The summed E-state index contributed by atoms with van der Waals surface area (Å²) in [6.07, 6.45) is 0.701. The summed E-state index contributed by atoms with van der Waals surface area (Å²) in [5, 5.41) is 26.1. The molecule has 37 heavy (non-hydrogen) atoms. The number of amides is 4. The number of benzene rings is 1. The number of hydrogen-bond acceptors (Lipinski definition) is 8. The summed E-state index contributed by atoms with van der Waals surface area (Å²) >= 11 is 0. The number of primary amides is 1. The Balaban J connectivity index is 2.98. The number of aromatic hydroxyl groups is 1. The summed E-state index contributed by atoms with van der Waals surface area (Å²) in [7, 11) is 0. The molecule has 0 aliphatic carbocycles. The van der Waals surface area contributed by atoms with Crippen LogP contribution in [0.25, 0.3) is 0 Å². The van der Waals surface area contributed by atoms with Crippen molar-refractivity contribution in [3.05, 3.63) is 29.8 Å². The number of carbonyl (C=O) groups excluding carboxylic acids is 4. The zero-order valence-corrected chi connectivity index (χ0v) is 21.1. The van der Waals surface area contributed by atoms with E-state index in [2.05, 4.69) is 16.0 Å². The van der Waals surface area contributed by atoms with Crippen LogP contribution in [0.2, 0.25) is 0 Å². The first kappa shape index (κ1) is 31.3. The van der Waals surface area contributed by atoms with Crippen LogP contribution in [0.4, 0.5) is 0 Å². The van der Waals surface area contributed by atoms with Crippen LogP contribution in [0.1, 0.15) is 45.1 Å². The van der Waals surface area contributed by atoms with Gasteiger partial charge in [0.2, 0.25) is 23.6 Å². The van der Waals surface area contributed by atoms with E-state index in [0.717, 1.165) is 0 Å². The van der Waals surface area contributed by atoms with Gasteiger partial charge in [-0.3, -0.25) is 19.2 Å². The third kappa shape index (κ3) is 11.3. The predicted molar refractivity (Wildman–Crippen MR) is 135 cm³/mol. The fourth-order valence-corrected chi connectivity index (χ4v) is 3.47. The fourth-order valence-electron chi connectivity index (χ4n) is 3.47. The molecular formula is C24H38N6O7. The second-order valence-electron chi connectivity index (χ2n) is 9.12. The lowest BCUT2D eigenvalue weighted by Crippen LogP contribution is -2.58. The quantitative estimate of drug-likeness (QED) is 0.117. The zero-order valence-electron chi connectivity index (χ0n) is 21.1. The van der Waals surface area contributed by atoms with Crippen molar-refractivity contribution in [2.24, 2.45) is 23.1 Å².